The third-order valence-electron chi connectivity index (χ3n) is 3.03. The van der Waals surface area contributed by atoms with E-state index < -0.39 is 0 Å². The van der Waals surface area contributed by atoms with Gasteiger partial charge in [-0.25, -0.2) is 0 Å². The number of ether oxygens (including phenoxy) is 1. The lowest BCUT2D eigenvalue weighted by molar-refractivity contribution is -0.0894. The van der Waals surface area contributed by atoms with Crippen LogP contribution in [0.1, 0.15) is 33.1 Å². The summed E-state index contributed by atoms with van der Waals surface area (Å²) in [6, 6.07) is 0.330. The van der Waals surface area contributed by atoms with E-state index in [4.69, 9.17) is 4.74 Å². The molecule has 0 saturated heterocycles. The maximum Gasteiger partial charge on any atom is 0.0869 e. The Labute approximate surface area is 81.4 Å². The maximum absolute atomic E-state index is 5.63. The maximum atomic E-state index is 5.63. The number of rotatable bonds is 5. The van der Waals surface area contributed by atoms with Crippen LogP contribution < -0.4 is 5.32 Å². The highest BCUT2D eigenvalue weighted by molar-refractivity contribution is 5.14. The first-order chi connectivity index (χ1) is 6.16. The van der Waals surface area contributed by atoms with Crippen LogP contribution in [0.15, 0.2) is 12.2 Å². The lowest BCUT2D eigenvalue weighted by Gasteiger charge is -2.47. The molecule has 1 saturated carbocycles. The van der Waals surface area contributed by atoms with Crippen molar-refractivity contribution in [3.05, 3.63) is 12.2 Å². The van der Waals surface area contributed by atoms with Crippen molar-refractivity contribution in [1.29, 1.82) is 0 Å². The summed E-state index contributed by atoms with van der Waals surface area (Å²) in [4.78, 5) is 0. The fourth-order valence-corrected chi connectivity index (χ4v) is 2.15. The number of nitrogens with one attached hydrogen (secondary N) is 1. The van der Waals surface area contributed by atoms with E-state index in [-0.39, 0.29) is 5.60 Å². The molecule has 1 aliphatic carbocycles. The molecule has 0 amide bonds. The lowest BCUT2D eigenvalue weighted by Crippen LogP contribution is -2.56. The molecular weight excluding hydrogens is 162 g/mol. The van der Waals surface area contributed by atoms with Crippen LogP contribution in [0.25, 0.3) is 0 Å². The molecule has 0 aromatic heterocycles. The van der Waals surface area contributed by atoms with Crippen LogP contribution in [0.5, 0.6) is 0 Å². The summed E-state index contributed by atoms with van der Waals surface area (Å²) < 4.78 is 5.63. The standard InChI is InChI=1S/C11H21NO/c1-5-12-10(9(2)3)11(13-4)7-6-8-11/h10,12H,2,5-8H2,1,3-4H3. The molecule has 1 atom stereocenters. The van der Waals surface area contributed by atoms with Crippen LogP contribution in [0.4, 0.5) is 0 Å². The van der Waals surface area contributed by atoms with Gasteiger partial charge in [0, 0.05) is 7.11 Å². The monoisotopic (exact) mass is 183 g/mol. The predicted octanol–water partition coefficient (Wildman–Crippen LogP) is 2.11. The summed E-state index contributed by atoms with van der Waals surface area (Å²) in [5, 5.41) is 3.45. The number of hydrogen-bond acceptors (Lipinski definition) is 2. The fourth-order valence-electron chi connectivity index (χ4n) is 2.15. The molecule has 13 heavy (non-hydrogen) atoms. The molecule has 1 rings (SSSR count). The van der Waals surface area contributed by atoms with Gasteiger partial charge in [-0.05, 0) is 32.7 Å². The van der Waals surface area contributed by atoms with Crippen LogP contribution in [0.3, 0.4) is 0 Å². The highest BCUT2D eigenvalue weighted by atomic mass is 16.5. The van der Waals surface area contributed by atoms with Crippen molar-refractivity contribution in [2.75, 3.05) is 13.7 Å². The highest BCUT2D eigenvalue weighted by Gasteiger charge is 2.44. The summed E-state index contributed by atoms with van der Waals surface area (Å²) in [5.41, 5.74) is 1.23. The molecule has 1 unspecified atom stereocenters. The molecule has 1 fully saturated rings. The van der Waals surface area contributed by atoms with E-state index in [1.54, 1.807) is 0 Å². The quantitative estimate of drug-likeness (QED) is 0.659. The summed E-state index contributed by atoms with van der Waals surface area (Å²) in [6.45, 7) is 9.20. The van der Waals surface area contributed by atoms with E-state index >= 15 is 0 Å². The minimum absolute atomic E-state index is 0.0435. The molecule has 0 bridgehead atoms. The topological polar surface area (TPSA) is 21.3 Å². The van der Waals surface area contributed by atoms with E-state index in [9.17, 15) is 0 Å². The Morgan fingerprint density at radius 3 is 2.46 bits per heavy atom. The molecule has 0 aliphatic heterocycles. The van der Waals surface area contributed by atoms with Crippen LogP contribution in [0.2, 0.25) is 0 Å². The Morgan fingerprint density at radius 1 is 1.62 bits per heavy atom. The minimum Gasteiger partial charge on any atom is -0.376 e. The van der Waals surface area contributed by atoms with Crippen LogP contribution >= 0.6 is 0 Å². The van der Waals surface area contributed by atoms with Gasteiger partial charge in [0.25, 0.3) is 0 Å². The lowest BCUT2D eigenvalue weighted by atomic mass is 9.72. The van der Waals surface area contributed by atoms with Crippen molar-refractivity contribution in [3.8, 4) is 0 Å². The van der Waals surface area contributed by atoms with Crippen molar-refractivity contribution in [2.45, 2.75) is 44.8 Å². The Hall–Kier alpha value is -0.340. The zero-order valence-corrected chi connectivity index (χ0v) is 9.02. The second kappa shape index (κ2) is 4.25. The molecule has 1 aliphatic rings. The van der Waals surface area contributed by atoms with Crippen molar-refractivity contribution in [2.24, 2.45) is 0 Å². The SMILES string of the molecule is C=C(C)C(NCC)C1(OC)CCC1. The molecule has 0 aromatic rings. The van der Waals surface area contributed by atoms with Gasteiger partial charge in [-0.1, -0.05) is 19.1 Å². The third kappa shape index (κ3) is 1.94. The minimum atomic E-state index is 0.0435. The third-order valence-corrected chi connectivity index (χ3v) is 3.03. The largest absolute Gasteiger partial charge is 0.376 e. The second-order valence-corrected chi connectivity index (χ2v) is 3.96. The smallest absolute Gasteiger partial charge is 0.0869 e. The summed E-state index contributed by atoms with van der Waals surface area (Å²) in [5.74, 6) is 0. The van der Waals surface area contributed by atoms with Gasteiger partial charge in [0.15, 0.2) is 0 Å². The number of methoxy groups -OCH3 is 1. The van der Waals surface area contributed by atoms with E-state index in [0.717, 1.165) is 19.4 Å². The summed E-state index contributed by atoms with van der Waals surface area (Å²) in [6.07, 6.45) is 3.60. The molecule has 0 radical (unpaired) electrons. The molecule has 0 heterocycles. The average Bonchev–Trinajstić information content (AvgIpc) is 2.01. The molecule has 2 nitrogen and oxygen atoms in total. The van der Waals surface area contributed by atoms with Crippen molar-refractivity contribution < 1.29 is 4.74 Å². The Kier molecular flexibility index (Phi) is 3.51. The van der Waals surface area contributed by atoms with Crippen molar-refractivity contribution >= 4 is 0 Å². The molecular formula is C11H21NO. The molecule has 0 spiro atoms. The zero-order chi connectivity index (χ0) is 9.90. The van der Waals surface area contributed by atoms with Gasteiger partial charge in [-0.3, -0.25) is 0 Å². The number of likely N-dealkylation sites (N-methyl/N-ethyl adjacent to an activating group) is 1. The van der Waals surface area contributed by atoms with Crippen LogP contribution in [-0.2, 0) is 4.74 Å². The second-order valence-electron chi connectivity index (χ2n) is 3.96. The molecule has 0 aromatic carbocycles. The first-order valence-electron chi connectivity index (χ1n) is 5.10. The number of hydrogen-bond donors (Lipinski definition) is 1. The highest BCUT2D eigenvalue weighted by Crippen LogP contribution is 2.39. The van der Waals surface area contributed by atoms with Crippen molar-refractivity contribution in [1.82, 2.24) is 5.32 Å². The van der Waals surface area contributed by atoms with Gasteiger partial charge in [-0.2, -0.15) is 0 Å². The normalized spacial score (nSPS) is 22.1. The summed E-state index contributed by atoms with van der Waals surface area (Å²) >= 11 is 0. The first-order valence-corrected chi connectivity index (χ1v) is 5.10. The van der Waals surface area contributed by atoms with Gasteiger partial charge in [-0.15, -0.1) is 0 Å². The molecule has 76 valence electrons. The van der Waals surface area contributed by atoms with Gasteiger partial charge in [0.1, 0.15) is 0 Å². The molecule has 2 heteroatoms. The van der Waals surface area contributed by atoms with Crippen molar-refractivity contribution in [3.63, 3.8) is 0 Å². The van der Waals surface area contributed by atoms with Gasteiger partial charge < -0.3 is 10.1 Å². The van der Waals surface area contributed by atoms with Gasteiger partial charge >= 0.3 is 0 Å². The van der Waals surface area contributed by atoms with E-state index in [1.165, 1.54) is 12.0 Å². The van der Waals surface area contributed by atoms with E-state index in [0.29, 0.717) is 6.04 Å². The van der Waals surface area contributed by atoms with Crippen LogP contribution in [-0.4, -0.2) is 25.3 Å². The predicted molar refractivity (Wildman–Crippen MR) is 55.9 cm³/mol. The zero-order valence-electron chi connectivity index (χ0n) is 9.02. The van der Waals surface area contributed by atoms with E-state index in [1.807, 2.05) is 7.11 Å². The Balaban J connectivity index is 2.66. The molecule has 1 N–H and O–H groups in total. The van der Waals surface area contributed by atoms with Gasteiger partial charge in [0.2, 0.25) is 0 Å². The van der Waals surface area contributed by atoms with Gasteiger partial charge in [0.05, 0.1) is 11.6 Å². The Bertz CT molecular complexity index is 179. The van der Waals surface area contributed by atoms with Crippen LogP contribution in [0, 0.1) is 0 Å². The summed E-state index contributed by atoms with van der Waals surface area (Å²) in [7, 11) is 1.81. The first kappa shape index (κ1) is 10.7. The van der Waals surface area contributed by atoms with E-state index in [2.05, 4.69) is 25.7 Å². The average molecular weight is 183 g/mol. The Morgan fingerprint density at radius 2 is 2.23 bits per heavy atom. The fraction of sp³-hybridized carbons (Fsp3) is 0.818.